The standard InChI is InChI=1S/C10H13F2NO2/c1-13-5-9(15)7-3-2-6(10(11)12)4-8(7)14/h2-4,9-10,13-15H,5H2,1H3. The number of aliphatic hydroxyl groups is 1. The molecule has 3 nitrogen and oxygen atoms in total. The minimum absolute atomic E-state index is 0.244. The van der Waals surface area contributed by atoms with Gasteiger partial charge in [0.25, 0.3) is 6.43 Å². The third kappa shape index (κ3) is 2.87. The highest BCUT2D eigenvalue weighted by molar-refractivity contribution is 5.38. The molecule has 0 radical (unpaired) electrons. The fraction of sp³-hybridized carbons (Fsp3) is 0.400. The molecule has 0 saturated carbocycles. The first-order chi connectivity index (χ1) is 7.06. The van der Waals surface area contributed by atoms with Gasteiger partial charge in [0.05, 0.1) is 6.10 Å². The number of nitrogens with one attached hydrogen (secondary N) is 1. The van der Waals surface area contributed by atoms with Gasteiger partial charge in [-0.05, 0) is 13.1 Å². The van der Waals surface area contributed by atoms with E-state index in [1.54, 1.807) is 7.05 Å². The predicted octanol–water partition coefficient (Wildman–Crippen LogP) is 1.58. The van der Waals surface area contributed by atoms with Crippen LogP contribution in [-0.2, 0) is 0 Å². The van der Waals surface area contributed by atoms with Gasteiger partial charge in [-0.3, -0.25) is 0 Å². The second-order valence-corrected chi connectivity index (χ2v) is 3.19. The third-order valence-electron chi connectivity index (χ3n) is 2.06. The van der Waals surface area contributed by atoms with E-state index < -0.39 is 12.5 Å². The minimum atomic E-state index is -2.62. The third-order valence-corrected chi connectivity index (χ3v) is 2.06. The molecule has 1 rings (SSSR count). The molecule has 1 aromatic carbocycles. The van der Waals surface area contributed by atoms with Crippen molar-refractivity contribution in [1.29, 1.82) is 0 Å². The Bertz CT molecular complexity index is 331. The van der Waals surface area contributed by atoms with E-state index in [1.807, 2.05) is 0 Å². The molecule has 0 heterocycles. The van der Waals surface area contributed by atoms with Gasteiger partial charge in [-0.2, -0.15) is 0 Å². The highest BCUT2D eigenvalue weighted by Gasteiger charge is 2.14. The van der Waals surface area contributed by atoms with Gasteiger partial charge in [0, 0.05) is 17.7 Å². The summed E-state index contributed by atoms with van der Waals surface area (Å²) in [6, 6.07) is 3.47. The lowest BCUT2D eigenvalue weighted by atomic mass is 10.1. The van der Waals surface area contributed by atoms with Crippen molar-refractivity contribution in [2.75, 3.05) is 13.6 Å². The molecule has 0 bridgehead atoms. The first-order valence-corrected chi connectivity index (χ1v) is 4.50. The number of rotatable bonds is 4. The summed E-state index contributed by atoms with van der Waals surface area (Å²) in [7, 11) is 1.65. The van der Waals surface area contributed by atoms with Crippen molar-refractivity contribution in [3.63, 3.8) is 0 Å². The second kappa shape index (κ2) is 5.04. The lowest BCUT2D eigenvalue weighted by molar-refractivity contribution is 0.150. The van der Waals surface area contributed by atoms with Crippen LogP contribution in [0.3, 0.4) is 0 Å². The van der Waals surface area contributed by atoms with Crippen LogP contribution in [0.5, 0.6) is 5.75 Å². The maximum atomic E-state index is 12.2. The highest BCUT2D eigenvalue weighted by Crippen LogP contribution is 2.29. The summed E-state index contributed by atoms with van der Waals surface area (Å²) in [5.41, 5.74) is -0.0124. The number of benzene rings is 1. The van der Waals surface area contributed by atoms with Crippen molar-refractivity contribution in [3.05, 3.63) is 29.3 Å². The summed E-state index contributed by atoms with van der Waals surface area (Å²) in [5.74, 6) is -0.310. The maximum absolute atomic E-state index is 12.2. The molecule has 5 heteroatoms. The summed E-state index contributed by atoms with van der Waals surface area (Å²) in [6.07, 6.45) is -3.52. The summed E-state index contributed by atoms with van der Waals surface area (Å²) < 4.78 is 24.5. The van der Waals surface area contributed by atoms with Crippen LogP contribution in [0.2, 0.25) is 0 Å². The van der Waals surface area contributed by atoms with Crippen molar-refractivity contribution >= 4 is 0 Å². The molecular formula is C10H13F2NO2. The second-order valence-electron chi connectivity index (χ2n) is 3.19. The molecule has 1 unspecified atom stereocenters. The summed E-state index contributed by atoms with van der Waals surface area (Å²) >= 11 is 0. The molecule has 0 spiro atoms. The molecule has 3 N–H and O–H groups in total. The Kier molecular flexibility index (Phi) is 3.99. The zero-order valence-corrected chi connectivity index (χ0v) is 8.24. The number of aliphatic hydroxyl groups excluding tert-OH is 1. The normalized spacial score (nSPS) is 13.1. The van der Waals surface area contributed by atoms with E-state index in [9.17, 15) is 19.0 Å². The van der Waals surface area contributed by atoms with Gasteiger partial charge in [0.2, 0.25) is 0 Å². The molecule has 0 saturated heterocycles. The quantitative estimate of drug-likeness (QED) is 0.717. The van der Waals surface area contributed by atoms with Gasteiger partial charge in [-0.1, -0.05) is 12.1 Å². The van der Waals surface area contributed by atoms with Crippen molar-refractivity contribution in [2.45, 2.75) is 12.5 Å². The Morgan fingerprint density at radius 1 is 1.40 bits per heavy atom. The van der Waals surface area contributed by atoms with E-state index in [1.165, 1.54) is 12.1 Å². The van der Waals surface area contributed by atoms with Crippen LogP contribution in [0.25, 0.3) is 0 Å². The molecule has 0 amide bonds. The van der Waals surface area contributed by atoms with Gasteiger partial charge in [0.1, 0.15) is 5.75 Å². The Morgan fingerprint density at radius 2 is 2.07 bits per heavy atom. The number of aromatic hydroxyl groups is 1. The van der Waals surface area contributed by atoms with Crippen LogP contribution in [-0.4, -0.2) is 23.8 Å². The fourth-order valence-corrected chi connectivity index (χ4v) is 1.28. The predicted molar refractivity (Wildman–Crippen MR) is 52.0 cm³/mol. The first-order valence-electron chi connectivity index (χ1n) is 4.50. The summed E-state index contributed by atoms with van der Waals surface area (Å²) in [4.78, 5) is 0. The van der Waals surface area contributed by atoms with E-state index in [2.05, 4.69) is 5.32 Å². The lowest BCUT2D eigenvalue weighted by Gasteiger charge is -2.12. The van der Waals surface area contributed by atoms with Crippen LogP contribution < -0.4 is 5.32 Å². The van der Waals surface area contributed by atoms with E-state index >= 15 is 0 Å². The van der Waals surface area contributed by atoms with Crippen LogP contribution in [0, 0.1) is 0 Å². The number of alkyl halides is 2. The lowest BCUT2D eigenvalue weighted by Crippen LogP contribution is -2.16. The number of halogens is 2. The van der Waals surface area contributed by atoms with E-state index in [0.717, 1.165) is 6.07 Å². The van der Waals surface area contributed by atoms with E-state index in [0.29, 0.717) is 0 Å². The summed E-state index contributed by atoms with van der Waals surface area (Å²) in [6.45, 7) is 0.252. The highest BCUT2D eigenvalue weighted by atomic mass is 19.3. The molecule has 0 aliphatic heterocycles. The molecule has 0 fully saturated rings. The zero-order chi connectivity index (χ0) is 11.4. The van der Waals surface area contributed by atoms with Gasteiger partial charge in [-0.25, -0.2) is 8.78 Å². The van der Waals surface area contributed by atoms with E-state index in [-0.39, 0.29) is 23.4 Å². The fourth-order valence-electron chi connectivity index (χ4n) is 1.28. The topological polar surface area (TPSA) is 52.5 Å². The van der Waals surface area contributed by atoms with Crippen LogP contribution in [0.15, 0.2) is 18.2 Å². The van der Waals surface area contributed by atoms with Crippen molar-refractivity contribution in [3.8, 4) is 5.75 Å². The Labute approximate surface area is 86.4 Å². The van der Waals surface area contributed by atoms with Gasteiger partial charge >= 0.3 is 0 Å². The van der Waals surface area contributed by atoms with Gasteiger partial charge in [-0.15, -0.1) is 0 Å². The number of phenols is 1. The van der Waals surface area contributed by atoms with Crippen molar-refractivity contribution < 1.29 is 19.0 Å². The minimum Gasteiger partial charge on any atom is -0.508 e. The van der Waals surface area contributed by atoms with Crippen LogP contribution in [0.4, 0.5) is 8.78 Å². The molecule has 0 aliphatic carbocycles. The number of phenolic OH excluding ortho intramolecular Hbond substituents is 1. The van der Waals surface area contributed by atoms with Crippen LogP contribution in [0.1, 0.15) is 23.7 Å². The smallest absolute Gasteiger partial charge is 0.263 e. The van der Waals surface area contributed by atoms with Crippen molar-refractivity contribution in [2.24, 2.45) is 0 Å². The molecular weight excluding hydrogens is 204 g/mol. The number of likely N-dealkylation sites (N-methyl/N-ethyl adjacent to an activating group) is 1. The number of hydrogen-bond donors (Lipinski definition) is 3. The molecule has 0 aromatic heterocycles. The molecule has 1 atom stereocenters. The molecule has 84 valence electrons. The van der Waals surface area contributed by atoms with Gasteiger partial charge in [0.15, 0.2) is 0 Å². The first kappa shape index (κ1) is 11.9. The summed E-state index contributed by atoms with van der Waals surface area (Å²) in [5, 5.41) is 21.7. The number of hydrogen-bond acceptors (Lipinski definition) is 3. The van der Waals surface area contributed by atoms with E-state index in [4.69, 9.17) is 0 Å². The van der Waals surface area contributed by atoms with Crippen molar-refractivity contribution in [1.82, 2.24) is 5.32 Å². The van der Waals surface area contributed by atoms with Crippen LogP contribution >= 0.6 is 0 Å². The zero-order valence-electron chi connectivity index (χ0n) is 8.24. The Morgan fingerprint density at radius 3 is 2.53 bits per heavy atom. The van der Waals surface area contributed by atoms with Gasteiger partial charge < -0.3 is 15.5 Å². The monoisotopic (exact) mass is 217 g/mol. The maximum Gasteiger partial charge on any atom is 0.263 e. The molecule has 1 aromatic rings. The average Bonchev–Trinajstić information content (AvgIpc) is 2.17. The largest absolute Gasteiger partial charge is 0.508 e. The molecule has 15 heavy (non-hydrogen) atoms. The Balaban J connectivity index is 2.92. The SMILES string of the molecule is CNCC(O)c1ccc(C(F)F)cc1O. The Hall–Kier alpha value is -1.20. The molecule has 0 aliphatic rings. The average molecular weight is 217 g/mol.